The first-order chi connectivity index (χ1) is 11.7. The third kappa shape index (κ3) is 7.76. The van der Waals surface area contributed by atoms with Crippen LogP contribution in [0.3, 0.4) is 0 Å². The number of hydrogen-bond donors (Lipinski definition) is 2. The molecule has 0 bridgehead atoms. The lowest BCUT2D eigenvalue weighted by Crippen LogP contribution is -2.39. The van der Waals surface area contributed by atoms with Gasteiger partial charge in [0, 0.05) is 32.9 Å². The van der Waals surface area contributed by atoms with Gasteiger partial charge >= 0.3 is 0 Å². The van der Waals surface area contributed by atoms with Crippen LogP contribution < -0.4 is 15.4 Å². The number of ether oxygens (including phenoxy) is 1. The molecule has 2 aromatic rings. The standard InChI is InChI=1S/C18H27N5O.HI/c1-15-13-22-23(14-15)12-4-10-20-18(19-2)21-11-9-16-5-7-17(24-3)8-6-16;/h5-8,13-14H,4,9-12H2,1-3H3,(H2,19,20,21);1H. The molecule has 0 atom stereocenters. The first-order valence-electron chi connectivity index (χ1n) is 8.28. The van der Waals surface area contributed by atoms with Gasteiger partial charge in [-0.05, 0) is 43.0 Å². The third-order valence-electron chi connectivity index (χ3n) is 3.71. The van der Waals surface area contributed by atoms with Gasteiger partial charge in [-0.3, -0.25) is 9.67 Å². The minimum Gasteiger partial charge on any atom is -0.497 e. The molecule has 1 aromatic heterocycles. The summed E-state index contributed by atoms with van der Waals surface area (Å²) in [6.45, 7) is 4.66. The summed E-state index contributed by atoms with van der Waals surface area (Å²) in [5, 5.41) is 10.9. The van der Waals surface area contributed by atoms with Crippen molar-refractivity contribution in [3.8, 4) is 5.75 Å². The lowest BCUT2D eigenvalue weighted by molar-refractivity contribution is 0.414. The summed E-state index contributed by atoms with van der Waals surface area (Å²) in [5.74, 6) is 1.72. The van der Waals surface area contributed by atoms with Crippen molar-refractivity contribution < 1.29 is 4.74 Å². The second kappa shape index (κ2) is 11.7. The highest BCUT2D eigenvalue weighted by molar-refractivity contribution is 14.0. The Morgan fingerprint density at radius 2 is 1.92 bits per heavy atom. The summed E-state index contributed by atoms with van der Waals surface area (Å²) in [5.41, 5.74) is 2.46. The number of benzene rings is 1. The molecule has 2 N–H and O–H groups in total. The number of methoxy groups -OCH3 is 1. The molecule has 25 heavy (non-hydrogen) atoms. The predicted octanol–water partition coefficient (Wildman–Crippen LogP) is 2.62. The monoisotopic (exact) mass is 457 g/mol. The van der Waals surface area contributed by atoms with E-state index in [-0.39, 0.29) is 24.0 Å². The zero-order valence-corrected chi connectivity index (χ0v) is 17.5. The first kappa shape index (κ1) is 21.3. The molecule has 7 heteroatoms. The van der Waals surface area contributed by atoms with Gasteiger partial charge in [-0.2, -0.15) is 5.10 Å². The Labute approximate surface area is 167 Å². The van der Waals surface area contributed by atoms with Crippen LogP contribution in [-0.2, 0) is 13.0 Å². The molecule has 2 rings (SSSR count). The van der Waals surface area contributed by atoms with Crippen molar-refractivity contribution >= 4 is 29.9 Å². The molecule has 0 aliphatic rings. The smallest absolute Gasteiger partial charge is 0.190 e. The average Bonchev–Trinajstić information content (AvgIpc) is 3.03. The van der Waals surface area contributed by atoms with E-state index in [0.29, 0.717) is 0 Å². The largest absolute Gasteiger partial charge is 0.497 e. The van der Waals surface area contributed by atoms with Crippen molar-refractivity contribution in [1.82, 2.24) is 20.4 Å². The third-order valence-corrected chi connectivity index (χ3v) is 3.71. The number of nitrogens with zero attached hydrogens (tertiary/aromatic N) is 3. The maximum absolute atomic E-state index is 5.17. The Bertz CT molecular complexity index is 639. The molecule has 0 spiro atoms. The number of nitrogens with one attached hydrogen (secondary N) is 2. The maximum atomic E-state index is 5.17. The molecule has 0 amide bonds. The van der Waals surface area contributed by atoms with Crippen LogP contribution in [0.25, 0.3) is 0 Å². The van der Waals surface area contributed by atoms with Crippen molar-refractivity contribution in [3.05, 3.63) is 47.8 Å². The van der Waals surface area contributed by atoms with E-state index in [1.54, 1.807) is 14.2 Å². The Morgan fingerprint density at radius 3 is 2.52 bits per heavy atom. The van der Waals surface area contributed by atoms with Gasteiger partial charge in [0.25, 0.3) is 0 Å². The fourth-order valence-corrected chi connectivity index (χ4v) is 2.38. The highest BCUT2D eigenvalue weighted by Crippen LogP contribution is 2.11. The van der Waals surface area contributed by atoms with Gasteiger partial charge in [-0.25, -0.2) is 0 Å². The quantitative estimate of drug-likeness (QED) is 0.277. The Balaban J connectivity index is 0.00000312. The number of guanidine groups is 1. The highest BCUT2D eigenvalue weighted by atomic mass is 127. The molecule has 138 valence electrons. The second-order valence-corrected chi connectivity index (χ2v) is 5.66. The van der Waals surface area contributed by atoms with Crippen molar-refractivity contribution in [2.24, 2.45) is 4.99 Å². The average molecular weight is 457 g/mol. The summed E-state index contributed by atoms with van der Waals surface area (Å²) in [6, 6.07) is 8.14. The number of halogens is 1. The molecule has 0 aliphatic heterocycles. The zero-order valence-electron chi connectivity index (χ0n) is 15.2. The van der Waals surface area contributed by atoms with Gasteiger partial charge in [-0.1, -0.05) is 12.1 Å². The fraction of sp³-hybridized carbons (Fsp3) is 0.444. The molecule has 0 radical (unpaired) electrons. The van der Waals surface area contributed by atoms with Gasteiger partial charge in [0.15, 0.2) is 5.96 Å². The number of aliphatic imine (C=N–C) groups is 1. The molecule has 0 saturated heterocycles. The van der Waals surface area contributed by atoms with Crippen LogP contribution in [0.4, 0.5) is 0 Å². The van der Waals surface area contributed by atoms with Crippen LogP contribution in [0.5, 0.6) is 5.75 Å². The van der Waals surface area contributed by atoms with Crippen molar-refractivity contribution in [3.63, 3.8) is 0 Å². The summed E-state index contributed by atoms with van der Waals surface area (Å²) in [7, 11) is 3.47. The lowest BCUT2D eigenvalue weighted by atomic mass is 10.1. The summed E-state index contributed by atoms with van der Waals surface area (Å²) in [4.78, 5) is 4.25. The second-order valence-electron chi connectivity index (χ2n) is 5.66. The lowest BCUT2D eigenvalue weighted by Gasteiger charge is -2.12. The first-order valence-corrected chi connectivity index (χ1v) is 8.28. The SMILES string of the molecule is CN=C(NCCCn1cc(C)cn1)NCCc1ccc(OC)cc1.I. The van der Waals surface area contributed by atoms with Crippen LogP contribution in [-0.4, -0.2) is 43.0 Å². The number of aryl methyl sites for hydroxylation is 2. The topological polar surface area (TPSA) is 63.5 Å². The Kier molecular flexibility index (Phi) is 9.98. The van der Waals surface area contributed by atoms with Gasteiger partial charge < -0.3 is 15.4 Å². The van der Waals surface area contributed by atoms with Crippen LogP contribution in [0.15, 0.2) is 41.7 Å². The molecule has 0 fully saturated rings. The Hall–Kier alpha value is -1.77. The fourth-order valence-electron chi connectivity index (χ4n) is 2.38. The van der Waals surface area contributed by atoms with E-state index in [9.17, 15) is 0 Å². The van der Waals surface area contributed by atoms with Crippen molar-refractivity contribution in [1.29, 1.82) is 0 Å². The van der Waals surface area contributed by atoms with E-state index in [1.165, 1.54) is 11.1 Å². The van der Waals surface area contributed by atoms with Gasteiger partial charge in [0.1, 0.15) is 5.75 Å². The summed E-state index contributed by atoms with van der Waals surface area (Å²) in [6.07, 6.45) is 5.88. The van der Waals surface area contributed by atoms with Gasteiger partial charge in [0.05, 0.1) is 13.3 Å². The van der Waals surface area contributed by atoms with E-state index >= 15 is 0 Å². The van der Waals surface area contributed by atoms with Gasteiger partial charge in [0.2, 0.25) is 0 Å². The number of aromatic nitrogens is 2. The molecular formula is C18H28IN5O. The normalized spacial score (nSPS) is 10.9. The van der Waals surface area contributed by atoms with E-state index in [2.05, 4.69) is 46.0 Å². The van der Waals surface area contributed by atoms with Crippen molar-refractivity contribution in [2.45, 2.75) is 26.3 Å². The van der Waals surface area contributed by atoms with E-state index in [4.69, 9.17) is 4.74 Å². The number of rotatable bonds is 8. The molecule has 0 unspecified atom stereocenters. The predicted molar refractivity (Wildman–Crippen MR) is 113 cm³/mol. The maximum Gasteiger partial charge on any atom is 0.190 e. The van der Waals surface area contributed by atoms with E-state index in [0.717, 1.165) is 44.2 Å². The van der Waals surface area contributed by atoms with Crippen LogP contribution in [0.1, 0.15) is 17.5 Å². The molecular weight excluding hydrogens is 429 g/mol. The summed E-state index contributed by atoms with van der Waals surface area (Å²) >= 11 is 0. The highest BCUT2D eigenvalue weighted by Gasteiger charge is 1.99. The van der Waals surface area contributed by atoms with Gasteiger partial charge in [-0.15, -0.1) is 24.0 Å². The molecule has 6 nitrogen and oxygen atoms in total. The van der Waals surface area contributed by atoms with Crippen LogP contribution in [0, 0.1) is 6.92 Å². The van der Waals surface area contributed by atoms with Crippen molar-refractivity contribution in [2.75, 3.05) is 27.2 Å². The van der Waals surface area contributed by atoms with Crippen LogP contribution in [0.2, 0.25) is 0 Å². The van der Waals surface area contributed by atoms with E-state index in [1.807, 2.05) is 23.0 Å². The molecule has 0 aliphatic carbocycles. The molecule has 1 aromatic carbocycles. The Morgan fingerprint density at radius 1 is 1.20 bits per heavy atom. The molecule has 1 heterocycles. The van der Waals surface area contributed by atoms with E-state index < -0.39 is 0 Å². The zero-order chi connectivity index (χ0) is 17.2. The minimum absolute atomic E-state index is 0. The number of hydrogen-bond acceptors (Lipinski definition) is 3. The summed E-state index contributed by atoms with van der Waals surface area (Å²) < 4.78 is 7.14. The minimum atomic E-state index is 0. The molecule has 0 saturated carbocycles. The van der Waals surface area contributed by atoms with Crippen LogP contribution >= 0.6 is 24.0 Å².